The molecule has 1 saturated heterocycles. The van der Waals surface area contributed by atoms with Gasteiger partial charge in [-0.2, -0.15) is 0 Å². The van der Waals surface area contributed by atoms with E-state index in [1.165, 1.54) is 43.6 Å². The van der Waals surface area contributed by atoms with Crippen LogP contribution in [0.2, 0.25) is 0 Å². The first kappa shape index (κ1) is 12.5. The summed E-state index contributed by atoms with van der Waals surface area (Å²) in [5.74, 6) is 0.630. The van der Waals surface area contributed by atoms with Crippen molar-refractivity contribution in [2.24, 2.45) is 5.92 Å². The molecule has 2 fully saturated rings. The lowest BCUT2D eigenvalue weighted by Gasteiger charge is -2.40. The first-order valence-electron chi connectivity index (χ1n) is 6.91. The largest absolute Gasteiger partial charge is 0.375 e. The molecule has 5 heteroatoms. The molecule has 2 unspecified atom stereocenters. The third kappa shape index (κ3) is 2.31. The number of nitrogens with one attached hydrogen (secondary N) is 1. The molecule has 4 nitrogen and oxygen atoms in total. The lowest BCUT2D eigenvalue weighted by molar-refractivity contribution is -0.0980. The van der Waals surface area contributed by atoms with E-state index in [0.29, 0.717) is 12.0 Å². The Morgan fingerprint density at radius 3 is 3.00 bits per heavy atom. The van der Waals surface area contributed by atoms with Gasteiger partial charge in [0, 0.05) is 12.0 Å². The molecular formula is C13H21N3OS. The summed E-state index contributed by atoms with van der Waals surface area (Å²) in [6, 6.07) is 0.338. The molecule has 0 bridgehead atoms. The average molecular weight is 267 g/mol. The lowest BCUT2D eigenvalue weighted by atomic mass is 9.80. The van der Waals surface area contributed by atoms with Crippen molar-refractivity contribution in [2.75, 3.05) is 13.7 Å². The first-order chi connectivity index (χ1) is 8.83. The molecule has 0 aromatic carbocycles. The average Bonchev–Trinajstić information content (AvgIpc) is 3.03. The summed E-state index contributed by atoms with van der Waals surface area (Å²) in [6.45, 7) is 0.903. The lowest BCUT2D eigenvalue weighted by Crippen LogP contribution is -2.41. The van der Waals surface area contributed by atoms with E-state index in [-0.39, 0.29) is 5.60 Å². The van der Waals surface area contributed by atoms with Crippen molar-refractivity contribution < 1.29 is 4.74 Å². The summed E-state index contributed by atoms with van der Waals surface area (Å²) in [7, 11) is 2.03. The van der Waals surface area contributed by atoms with Crippen LogP contribution in [-0.2, 0) is 4.74 Å². The summed E-state index contributed by atoms with van der Waals surface area (Å²) in [5.41, 5.74) is 1.28. The van der Waals surface area contributed by atoms with Crippen LogP contribution in [-0.4, -0.2) is 28.8 Å². The van der Waals surface area contributed by atoms with Gasteiger partial charge in [-0.05, 0) is 50.2 Å². The number of ether oxygens (including phenoxy) is 1. The molecule has 1 aliphatic carbocycles. The van der Waals surface area contributed by atoms with Crippen LogP contribution in [0.3, 0.4) is 0 Å². The Hall–Kier alpha value is -0.520. The molecule has 1 N–H and O–H groups in total. The minimum Gasteiger partial charge on any atom is -0.375 e. The predicted molar refractivity (Wildman–Crippen MR) is 71.6 cm³/mol. The van der Waals surface area contributed by atoms with Gasteiger partial charge in [-0.15, -0.1) is 5.10 Å². The maximum absolute atomic E-state index is 6.11. The second-order valence-corrected chi connectivity index (χ2v) is 6.20. The summed E-state index contributed by atoms with van der Waals surface area (Å²) in [5, 5.41) is 9.74. The van der Waals surface area contributed by atoms with Gasteiger partial charge in [0.05, 0.1) is 17.3 Å². The topological polar surface area (TPSA) is 47.0 Å². The predicted octanol–water partition coefficient (Wildman–Crippen LogP) is 2.54. The van der Waals surface area contributed by atoms with Crippen molar-refractivity contribution in [3.63, 3.8) is 0 Å². The Morgan fingerprint density at radius 2 is 2.33 bits per heavy atom. The van der Waals surface area contributed by atoms with Gasteiger partial charge in [0.15, 0.2) is 0 Å². The van der Waals surface area contributed by atoms with Crippen molar-refractivity contribution in [1.82, 2.24) is 14.9 Å². The van der Waals surface area contributed by atoms with E-state index in [9.17, 15) is 0 Å². The van der Waals surface area contributed by atoms with Crippen molar-refractivity contribution >= 4 is 11.5 Å². The van der Waals surface area contributed by atoms with Gasteiger partial charge in [-0.1, -0.05) is 17.3 Å². The van der Waals surface area contributed by atoms with E-state index in [1.54, 1.807) is 0 Å². The third-order valence-corrected chi connectivity index (χ3v) is 5.05. The Labute approximate surface area is 112 Å². The molecule has 3 rings (SSSR count). The highest BCUT2D eigenvalue weighted by atomic mass is 32.1. The Bertz CT molecular complexity index is 376. The number of aromatic nitrogens is 2. The fraction of sp³-hybridized carbons (Fsp3) is 0.846. The Kier molecular flexibility index (Phi) is 3.63. The van der Waals surface area contributed by atoms with Crippen LogP contribution in [0, 0.1) is 5.92 Å². The van der Waals surface area contributed by atoms with Gasteiger partial charge in [-0.25, -0.2) is 0 Å². The molecular weight excluding hydrogens is 246 g/mol. The van der Waals surface area contributed by atoms with Gasteiger partial charge >= 0.3 is 0 Å². The zero-order valence-electron chi connectivity index (χ0n) is 10.9. The van der Waals surface area contributed by atoms with Crippen molar-refractivity contribution in [1.29, 1.82) is 0 Å². The van der Waals surface area contributed by atoms with Gasteiger partial charge < -0.3 is 10.1 Å². The normalized spacial score (nSPS) is 28.6. The molecule has 0 radical (unpaired) electrons. The van der Waals surface area contributed by atoms with Crippen LogP contribution in [0.25, 0.3) is 0 Å². The number of hydrogen-bond acceptors (Lipinski definition) is 5. The first-order valence-corrected chi connectivity index (χ1v) is 7.75. The molecule has 1 aromatic heterocycles. The minimum absolute atomic E-state index is 0.182. The minimum atomic E-state index is 0.182. The van der Waals surface area contributed by atoms with Gasteiger partial charge in [0.25, 0.3) is 0 Å². The van der Waals surface area contributed by atoms with E-state index < -0.39 is 0 Å². The summed E-state index contributed by atoms with van der Waals surface area (Å²) in [4.78, 5) is 0. The Morgan fingerprint density at radius 1 is 1.50 bits per heavy atom. The van der Waals surface area contributed by atoms with Crippen LogP contribution < -0.4 is 5.32 Å². The molecule has 18 heavy (non-hydrogen) atoms. The van der Waals surface area contributed by atoms with Crippen LogP contribution >= 0.6 is 11.5 Å². The second kappa shape index (κ2) is 5.23. The molecule has 2 aliphatic rings. The zero-order chi connectivity index (χ0) is 12.4. The van der Waals surface area contributed by atoms with Crippen molar-refractivity contribution in [2.45, 2.75) is 50.2 Å². The van der Waals surface area contributed by atoms with E-state index >= 15 is 0 Å². The fourth-order valence-electron chi connectivity index (χ4n) is 3.65. The maximum atomic E-state index is 6.11. The summed E-state index contributed by atoms with van der Waals surface area (Å²) < 4.78 is 10.1. The zero-order valence-corrected chi connectivity index (χ0v) is 11.7. The number of hydrogen-bond donors (Lipinski definition) is 1. The highest BCUT2D eigenvalue weighted by molar-refractivity contribution is 7.03. The maximum Gasteiger partial charge on any atom is 0.0927 e. The van der Waals surface area contributed by atoms with Crippen LogP contribution in [0.5, 0.6) is 0 Å². The quantitative estimate of drug-likeness (QED) is 0.914. The summed E-state index contributed by atoms with van der Waals surface area (Å²) in [6.07, 6.45) is 7.45. The Balaban J connectivity index is 1.74. The molecule has 1 spiro atoms. The van der Waals surface area contributed by atoms with Crippen LogP contribution in [0.15, 0.2) is 5.38 Å². The van der Waals surface area contributed by atoms with E-state index in [0.717, 1.165) is 18.7 Å². The van der Waals surface area contributed by atoms with Crippen LogP contribution in [0.4, 0.5) is 0 Å². The monoisotopic (exact) mass is 267 g/mol. The van der Waals surface area contributed by atoms with E-state index in [4.69, 9.17) is 4.74 Å². The van der Waals surface area contributed by atoms with Gasteiger partial charge in [0.2, 0.25) is 0 Å². The fourth-order valence-corrected chi connectivity index (χ4v) is 4.14. The SMILES string of the molecule is CNC(c1csnn1)C1CCOC2(CCCC2)C1. The highest BCUT2D eigenvalue weighted by Crippen LogP contribution is 2.45. The van der Waals surface area contributed by atoms with Crippen molar-refractivity contribution in [3.05, 3.63) is 11.1 Å². The summed E-state index contributed by atoms with van der Waals surface area (Å²) >= 11 is 1.44. The molecule has 0 amide bonds. The van der Waals surface area contributed by atoms with Gasteiger partial charge in [-0.3, -0.25) is 0 Å². The van der Waals surface area contributed by atoms with Crippen LogP contribution in [0.1, 0.15) is 50.3 Å². The van der Waals surface area contributed by atoms with Gasteiger partial charge in [0.1, 0.15) is 0 Å². The molecule has 2 heterocycles. The molecule has 100 valence electrons. The highest BCUT2D eigenvalue weighted by Gasteiger charge is 2.42. The smallest absolute Gasteiger partial charge is 0.0927 e. The molecule has 1 saturated carbocycles. The standard InChI is InChI=1S/C13H21N3OS/c1-14-12(11-9-18-16-15-11)10-4-7-17-13(8-10)5-2-3-6-13/h9-10,12,14H,2-8H2,1H3. The number of nitrogens with zero attached hydrogens (tertiary/aromatic N) is 2. The third-order valence-electron chi connectivity index (χ3n) is 4.52. The van der Waals surface area contributed by atoms with Crippen molar-refractivity contribution in [3.8, 4) is 0 Å². The molecule has 1 aliphatic heterocycles. The molecule has 2 atom stereocenters. The number of rotatable bonds is 3. The molecule has 1 aromatic rings. The van der Waals surface area contributed by atoms with E-state index in [1.807, 2.05) is 7.05 Å². The second-order valence-electron chi connectivity index (χ2n) is 5.59. The van der Waals surface area contributed by atoms with E-state index in [2.05, 4.69) is 20.3 Å².